The molecule has 0 saturated carbocycles. The summed E-state index contributed by atoms with van der Waals surface area (Å²) < 4.78 is 4.27. The first-order valence-corrected chi connectivity index (χ1v) is 2.80. The van der Waals surface area contributed by atoms with Crippen LogP contribution in [0.4, 0.5) is 4.79 Å². The minimum absolute atomic E-state index is 0.101. The lowest BCUT2D eigenvalue weighted by Crippen LogP contribution is -2.21. The van der Waals surface area contributed by atoms with Gasteiger partial charge in [-0.2, -0.15) is 0 Å². The SMILES string of the molecule is C=C(CC(=O)OC)NC(=O)O. The van der Waals surface area contributed by atoms with E-state index in [0.717, 1.165) is 0 Å². The third-order valence-electron chi connectivity index (χ3n) is 0.869. The van der Waals surface area contributed by atoms with Gasteiger partial charge in [0.05, 0.1) is 13.5 Å². The number of carbonyl (C=O) groups excluding carboxylic acids is 1. The lowest BCUT2D eigenvalue weighted by molar-refractivity contribution is -0.139. The van der Waals surface area contributed by atoms with Crippen LogP contribution in [0.1, 0.15) is 6.42 Å². The molecule has 0 aliphatic carbocycles. The molecule has 0 heterocycles. The van der Waals surface area contributed by atoms with Crippen molar-refractivity contribution in [2.45, 2.75) is 6.42 Å². The van der Waals surface area contributed by atoms with E-state index >= 15 is 0 Å². The van der Waals surface area contributed by atoms with Crippen LogP contribution in [0.15, 0.2) is 12.3 Å². The van der Waals surface area contributed by atoms with Crippen LogP contribution in [0.2, 0.25) is 0 Å². The molecule has 0 radical (unpaired) electrons. The Morgan fingerprint density at radius 3 is 2.55 bits per heavy atom. The van der Waals surface area contributed by atoms with Crippen LogP contribution in [0.25, 0.3) is 0 Å². The molecular formula is C6H9NO4. The molecule has 0 aliphatic heterocycles. The van der Waals surface area contributed by atoms with Gasteiger partial charge in [-0.3, -0.25) is 10.1 Å². The normalized spacial score (nSPS) is 8.45. The van der Waals surface area contributed by atoms with Crippen LogP contribution in [-0.2, 0) is 9.53 Å². The van der Waals surface area contributed by atoms with Crippen molar-refractivity contribution < 1.29 is 19.4 Å². The molecule has 0 atom stereocenters. The second kappa shape index (κ2) is 4.32. The van der Waals surface area contributed by atoms with Crippen LogP contribution in [-0.4, -0.2) is 24.3 Å². The Hall–Kier alpha value is -1.52. The van der Waals surface area contributed by atoms with Gasteiger partial charge in [0.25, 0.3) is 0 Å². The molecule has 0 aromatic heterocycles. The minimum Gasteiger partial charge on any atom is -0.469 e. The first kappa shape index (κ1) is 9.48. The lowest BCUT2D eigenvalue weighted by atomic mass is 10.3. The molecule has 0 unspecified atom stereocenters. The number of amides is 1. The van der Waals surface area contributed by atoms with Crippen molar-refractivity contribution in [1.82, 2.24) is 5.32 Å². The van der Waals surface area contributed by atoms with E-state index in [1.54, 1.807) is 0 Å². The van der Waals surface area contributed by atoms with Crippen molar-refractivity contribution in [3.05, 3.63) is 12.3 Å². The van der Waals surface area contributed by atoms with E-state index in [0.29, 0.717) is 0 Å². The first-order chi connectivity index (χ1) is 5.06. The number of nitrogens with one attached hydrogen (secondary N) is 1. The molecule has 5 heteroatoms. The van der Waals surface area contributed by atoms with Gasteiger partial charge >= 0.3 is 12.1 Å². The van der Waals surface area contributed by atoms with Gasteiger partial charge in [0.2, 0.25) is 0 Å². The lowest BCUT2D eigenvalue weighted by Gasteiger charge is -2.01. The number of esters is 1. The van der Waals surface area contributed by atoms with Crippen LogP contribution in [0.5, 0.6) is 0 Å². The van der Waals surface area contributed by atoms with E-state index in [4.69, 9.17) is 5.11 Å². The van der Waals surface area contributed by atoms with E-state index in [1.807, 2.05) is 5.32 Å². The summed E-state index contributed by atoms with van der Waals surface area (Å²) >= 11 is 0. The first-order valence-electron chi connectivity index (χ1n) is 2.80. The second-order valence-corrected chi connectivity index (χ2v) is 1.79. The molecule has 5 nitrogen and oxygen atoms in total. The van der Waals surface area contributed by atoms with Gasteiger partial charge in [0.1, 0.15) is 0 Å². The van der Waals surface area contributed by atoms with Gasteiger partial charge in [0.15, 0.2) is 0 Å². The summed E-state index contributed by atoms with van der Waals surface area (Å²) in [6.45, 7) is 3.29. The van der Waals surface area contributed by atoms with E-state index in [2.05, 4.69) is 11.3 Å². The monoisotopic (exact) mass is 159 g/mol. The number of methoxy groups -OCH3 is 1. The summed E-state index contributed by atoms with van der Waals surface area (Å²) in [4.78, 5) is 20.4. The molecule has 0 aliphatic rings. The summed E-state index contributed by atoms with van der Waals surface area (Å²) in [5.41, 5.74) is 0.101. The van der Waals surface area contributed by atoms with Gasteiger partial charge in [0, 0.05) is 5.70 Å². The molecule has 0 aromatic rings. The maximum Gasteiger partial charge on any atom is 0.408 e. The molecule has 2 N–H and O–H groups in total. The predicted octanol–water partition coefficient (Wildman–Crippen LogP) is 0.331. The highest BCUT2D eigenvalue weighted by atomic mass is 16.5. The third-order valence-corrected chi connectivity index (χ3v) is 0.869. The number of carbonyl (C=O) groups is 2. The number of rotatable bonds is 3. The van der Waals surface area contributed by atoms with Gasteiger partial charge < -0.3 is 9.84 Å². The summed E-state index contributed by atoms with van der Waals surface area (Å²) in [5, 5.41) is 10.1. The maximum atomic E-state index is 10.5. The molecule has 0 bridgehead atoms. The highest BCUT2D eigenvalue weighted by Crippen LogP contribution is 1.94. The molecule has 0 fully saturated rings. The largest absolute Gasteiger partial charge is 0.469 e. The summed E-state index contributed by atoms with van der Waals surface area (Å²) in [6, 6.07) is 0. The molecule has 11 heavy (non-hydrogen) atoms. The smallest absolute Gasteiger partial charge is 0.408 e. The van der Waals surface area contributed by atoms with Gasteiger partial charge in [-0.05, 0) is 0 Å². The molecule has 1 amide bonds. The Kier molecular flexibility index (Phi) is 3.72. The molecule has 0 aromatic carbocycles. The fraction of sp³-hybridized carbons (Fsp3) is 0.333. The average Bonchev–Trinajstić information content (AvgIpc) is 1.85. The van der Waals surface area contributed by atoms with Crippen molar-refractivity contribution in [1.29, 1.82) is 0 Å². The highest BCUT2D eigenvalue weighted by Gasteiger charge is 2.05. The van der Waals surface area contributed by atoms with Crippen LogP contribution < -0.4 is 5.32 Å². The zero-order valence-electron chi connectivity index (χ0n) is 6.09. The minimum atomic E-state index is -1.24. The Balaban J connectivity index is 3.70. The predicted molar refractivity (Wildman–Crippen MR) is 36.9 cm³/mol. The van der Waals surface area contributed by atoms with Crippen molar-refractivity contribution in [2.75, 3.05) is 7.11 Å². The number of ether oxygens (including phenoxy) is 1. The Labute approximate surface area is 63.7 Å². The molecule has 0 saturated heterocycles. The van der Waals surface area contributed by atoms with Crippen molar-refractivity contribution >= 4 is 12.1 Å². The van der Waals surface area contributed by atoms with E-state index in [9.17, 15) is 9.59 Å². The van der Waals surface area contributed by atoms with Crippen molar-refractivity contribution in [3.8, 4) is 0 Å². The second-order valence-electron chi connectivity index (χ2n) is 1.79. The van der Waals surface area contributed by atoms with Crippen LogP contribution in [0, 0.1) is 0 Å². The summed E-state index contributed by atoms with van der Waals surface area (Å²) in [7, 11) is 1.22. The zero-order valence-corrected chi connectivity index (χ0v) is 6.09. The third kappa shape index (κ3) is 4.95. The Morgan fingerprint density at radius 2 is 2.18 bits per heavy atom. The van der Waals surface area contributed by atoms with Crippen molar-refractivity contribution in [2.24, 2.45) is 0 Å². The van der Waals surface area contributed by atoms with Gasteiger partial charge in [-0.1, -0.05) is 6.58 Å². The summed E-state index contributed by atoms with van der Waals surface area (Å²) in [5.74, 6) is -0.524. The fourth-order valence-electron chi connectivity index (χ4n) is 0.442. The maximum absolute atomic E-state index is 10.5. The van der Waals surface area contributed by atoms with E-state index in [-0.39, 0.29) is 12.1 Å². The number of hydrogen-bond donors (Lipinski definition) is 2. The molecule has 0 spiro atoms. The Bertz CT molecular complexity index is 187. The average molecular weight is 159 g/mol. The van der Waals surface area contributed by atoms with Crippen molar-refractivity contribution in [3.63, 3.8) is 0 Å². The molecule has 0 rings (SSSR count). The topological polar surface area (TPSA) is 75.6 Å². The molecular weight excluding hydrogens is 150 g/mol. The quantitative estimate of drug-likeness (QED) is 0.582. The standard InChI is InChI=1S/C6H9NO4/c1-4(7-6(9)10)3-5(8)11-2/h7H,1,3H2,2H3,(H,9,10). The zero-order chi connectivity index (χ0) is 8.85. The number of hydrogen-bond acceptors (Lipinski definition) is 3. The molecule has 62 valence electrons. The van der Waals surface area contributed by atoms with Gasteiger partial charge in [-0.25, -0.2) is 4.79 Å². The summed E-state index contributed by atoms with van der Waals surface area (Å²) in [6.07, 6.45) is -1.37. The van der Waals surface area contributed by atoms with Crippen LogP contribution >= 0.6 is 0 Å². The fourth-order valence-corrected chi connectivity index (χ4v) is 0.442. The van der Waals surface area contributed by atoms with E-state index < -0.39 is 12.1 Å². The highest BCUT2D eigenvalue weighted by molar-refractivity contribution is 5.74. The van der Waals surface area contributed by atoms with Crippen LogP contribution in [0.3, 0.4) is 0 Å². The van der Waals surface area contributed by atoms with Gasteiger partial charge in [-0.15, -0.1) is 0 Å². The number of carboxylic acid groups (broad SMARTS) is 1. The van der Waals surface area contributed by atoms with E-state index in [1.165, 1.54) is 7.11 Å². The Morgan fingerprint density at radius 1 is 1.64 bits per heavy atom.